The van der Waals surface area contributed by atoms with Gasteiger partial charge < -0.3 is 14.7 Å². The van der Waals surface area contributed by atoms with E-state index < -0.39 is 0 Å². The lowest BCUT2D eigenvalue weighted by Gasteiger charge is -2.15. The van der Waals surface area contributed by atoms with Crippen LogP contribution in [0, 0.1) is 13.8 Å². The third kappa shape index (κ3) is 2.40. The number of nitrogens with one attached hydrogen (secondary N) is 1. The molecule has 3 rings (SSSR count). The first-order chi connectivity index (χ1) is 9.56. The van der Waals surface area contributed by atoms with Crippen molar-refractivity contribution in [3.8, 4) is 0 Å². The SMILES string of the molecule is Cc1noc(C)c1N(C)C(=O)c1cnc(NC2CC2)s1. The number of carbonyl (C=O) groups excluding carboxylic acids is 1. The lowest BCUT2D eigenvalue weighted by atomic mass is 10.3. The second kappa shape index (κ2) is 4.90. The van der Waals surface area contributed by atoms with E-state index in [-0.39, 0.29) is 5.91 Å². The third-order valence-corrected chi connectivity index (χ3v) is 4.17. The molecule has 0 aromatic carbocycles. The number of aryl methyl sites for hydroxylation is 2. The number of rotatable bonds is 4. The van der Waals surface area contributed by atoms with Crippen LogP contribution < -0.4 is 10.2 Å². The van der Waals surface area contributed by atoms with E-state index in [1.165, 1.54) is 24.2 Å². The second-order valence-electron chi connectivity index (χ2n) is 4.99. The molecule has 1 N–H and O–H groups in total. The largest absolute Gasteiger partial charge is 0.359 e. The van der Waals surface area contributed by atoms with Crippen LogP contribution in [0.3, 0.4) is 0 Å². The van der Waals surface area contributed by atoms with Crippen molar-refractivity contribution in [2.45, 2.75) is 32.7 Å². The van der Waals surface area contributed by atoms with Crippen molar-refractivity contribution in [3.63, 3.8) is 0 Å². The molecule has 1 amide bonds. The minimum atomic E-state index is -0.0965. The number of hydrogen-bond donors (Lipinski definition) is 1. The van der Waals surface area contributed by atoms with Crippen molar-refractivity contribution in [1.29, 1.82) is 0 Å². The van der Waals surface area contributed by atoms with Crippen molar-refractivity contribution in [1.82, 2.24) is 10.1 Å². The van der Waals surface area contributed by atoms with Crippen molar-refractivity contribution < 1.29 is 9.32 Å². The van der Waals surface area contributed by atoms with Crippen molar-refractivity contribution >= 4 is 28.1 Å². The highest BCUT2D eigenvalue weighted by Gasteiger charge is 2.25. The molecule has 2 heterocycles. The lowest BCUT2D eigenvalue weighted by Crippen LogP contribution is -2.26. The number of carbonyl (C=O) groups is 1. The molecule has 1 saturated carbocycles. The molecule has 6 nitrogen and oxygen atoms in total. The van der Waals surface area contributed by atoms with E-state index in [2.05, 4.69) is 15.5 Å². The maximum absolute atomic E-state index is 12.5. The van der Waals surface area contributed by atoms with Crippen LogP contribution in [0.15, 0.2) is 10.7 Å². The number of aromatic nitrogens is 2. The fraction of sp³-hybridized carbons (Fsp3) is 0.462. The molecule has 1 fully saturated rings. The molecule has 2 aromatic rings. The predicted octanol–water partition coefficient (Wildman–Crippen LogP) is 2.60. The molecular formula is C13H16N4O2S. The summed E-state index contributed by atoms with van der Waals surface area (Å²) < 4.78 is 5.10. The summed E-state index contributed by atoms with van der Waals surface area (Å²) in [6.45, 7) is 3.62. The Morgan fingerprint density at radius 1 is 1.50 bits per heavy atom. The topological polar surface area (TPSA) is 71.3 Å². The Morgan fingerprint density at radius 2 is 2.25 bits per heavy atom. The summed E-state index contributed by atoms with van der Waals surface area (Å²) >= 11 is 1.38. The normalized spacial score (nSPS) is 14.3. The minimum absolute atomic E-state index is 0.0965. The van der Waals surface area contributed by atoms with E-state index in [1.54, 1.807) is 25.1 Å². The van der Waals surface area contributed by atoms with Gasteiger partial charge in [-0.1, -0.05) is 16.5 Å². The van der Waals surface area contributed by atoms with Gasteiger partial charge in [-0.15, -0.1) is 0 Å². The smallest absolute Gasteiger partial charge is 0.269 e. The van der Waals surface area contributed by atoms with Gasteiger partial charge in [0.05, 0.1) is 6.20 Å². The summed E-state index contributed by atoms with van der Waals surface area (Å²) in [5.74, 6) is 0.542. The summed E-state index contributed by atoms with van der Waals surface area (Å²) in [5, 5.41) is 7.97. The van der Waals surface area contributed by atoms with Gasteiger partial charge in [-0.2, -0.15) is 0 Å². The minimum Gasteiger partial charge on any atom is -0.359 e. The molecule has 20 heavy (non-hydrogen) atoms. The molecule has 1 aliphatic carbocycles. The Morgan fingerprint density at radius 3 is 2.85 bits per heavy atom. The van der Waals surface area contributed by atoms with E-state index >= 15 is 0 Å². The molecule has 0 saturated heterocycles. The number of hydrogen-bond acceptors (Lipinski definition) is 6. The molecule has 0 spiro atoms. The fourth-order valence-electron chi connectivity index (χ4n) is 2.07. The molecule has 0 unspecified atom stereocenters. The van der Waals surface area contributed by atoms with Gasteiger partial charge in [-0.25, -0.2) is 4.98 Å². The summed E-state index contributed by atoms with van der Waals surface area (Å²) in [5.41, 5.74) is 1.43. The van der Waals surface area contributed by atoms with Crippen LogP contribution in [0.5, 0.6) is 0 Å². The number of nitrogens with zero attached hydrogens (tertiary/aromatic N) is 3. The Kier molecular flexibility index (Phi) is 3.21. The van der Waals surface area contributed by atoms with Crippen LogP contribution in [0.4, 0.5) is 10.8 Å². The van der Waals surface area contributed by atoms with Crippen LogP contribution >= 0.6 is 11.3 Å². The highest BCUT2D eigenvalue weighted by molar-refractivity contribution is 7.17. The van der Waals surface area contributed by atoms with Gasteiger partial charge in [0, 0.05) is 13.1 Å². The fourth-order valence-corrected chi connectivity index (χ4v) is 2.93. The average Bonchev–Trinajstić information content (AvgIpc) is 3.00. The monoisotopic (exact) mass is 292 g/mol. The van der Waals surface area contributed by atoms with Crippen molar-refractivity contribution in [2.24, 2.45) is 0 Å². The second-order valence-corrected chi connectivity index (χ2v) is 6.02. The maximum Gasteiger partial charge on any atom is 0.269 e. The summed E-state index contributed by atoms with van der Waals surface area (Å²) in [7, 11) is 1.72. The van der Waals surface area contributed by atoms with Gasteiger partial charge in [0.2, 0.25) is 0 Å². The first-order valence-electron chi connectivity index (χ1n) is 6.49. The maximum atomic E-state index is 12.5. The molecule has 0 atom stereocenters. The summed E-state index contributed by atoms with van der Waals surface area (Å²) in [4.78, 5) is 18.9. The lowest BCUT2D eigenvalue weighted by molar-refractivity contribution is 0.0996. The van der Waals surface area contributed by atoms with Gasteiger partial charge in [-0.3, -0.25) is 4.79 Å². The first-order valence-corrected chi connectivity index (χ1v) is 7.31. The van der Waals surface area contributed by atoms with Crippen molar-refractivity contribution in [3.05, 3.63) is 22.5 Å². The Labute approximate surface area is 120 Å². The van der Waals surface area contributed by atoms with E-state index in [0.717, 1.165) is 10.8 Å². The Hall–Kier alpha value is -1.89. The molecule has 2 aromatic heterocycles. The predicted molar refractivity (Wildman–Crippen MR) is 77.5 cm³/mol. The molecule has 0 aliphatic heterocycles. The number of anilines is 2. The molecule has 0 bridgehead atoms. The van der Waals surface area contributed by atoms with Gasteiger partial charge in [0.15, 0.2) is 10.9 Å². The van der Waals surface area contributed by atoms with Gasteiger partial charge in [0.25, 0.3) is 5.91 Å². The van der Waals surface area contributed by atoms with E-state index in [4.69, 9.17) is 4.52 Å². The first kappa shape index (κ1) is 13.1. The highest BCUT2D eigenvalue weighted by Crippen LogP contribution is 2.29. The molecule has 1 aliphatic rings. The number of amides is 1. The molecule has 7 heteroatoms. The van der Waals surface area contributed by atoms with E-state index in [9.17, 15) is 4.79 Å². The Bertz CT molecular complexity index is 625. The number of thiazole rings is 1. The summed E-state index contributed by atoms with van der Waals surface area (Å²) in [6, 6.07) is 0.532. The van der Waals surface area contributed by atoms with Crippen molar-refractivity contribution in [2.75, 3.05) is 17.3 Å². The highest BCUT2D eigenvalue weighted by atomic mass is 32.1. The summed E-state index contributed by atoms with van der Waals surface area (Å²) in [6.07, 6.45) is 3.98. The van der Waals surface area contributed by atoms with Crippen LogP contribution in [0.25, 0.3) is 0 Å². The average molecular weight is 292 g/mol. The van der Waals surface area contributed by atoms with Gasteiger partial charge >= 0.3 is 0 Å². The van der Waals surface area contributed by atoms with Crippen LogP contribution in [0.2, 0.25) is 0 Å². The standard InChI is InChI=1S/C13H16N4O2S/c1-7-11(8(2)19-16-7)17(3)12(18)10-6-14-13(20-10)15-9-4-5-9/h6,9H,4-5H2,1-3H3,(H,14,15). The molecular weight excluding hydrogens is 276 g/mol. The zero-order chi connectivity index (χ0) is 14.3. The molecule has 0 radical (unpaired) electrons. The van der Waals surface area contributed by atoms with Crippen LogP contribution in [-0.4, -0.2) is 29.1 Å². The quantitative estimate of drug-likeness (QED) is 0.938. The van der Waals surface area contributed by atoms with Gasteiger partial charge in [-0.05, 0) is 26.7 Å². The van der Waals surface area contributed by atoms with E-state index in [0.29, 0.717) is 22.4 Å². The Balaban J connectivity index is 1.79. The zero-order valence-electron chi connectivity index (χ0n) is 11.6. The van der Waals surface area contributed by atoms with Gasteiger partial charge in [0.1, 0.15) is 16.3 Å². The molecule has 106 valence electrons. The van der Waals surface area contributed by atoms with E-state index in [1.807, 2.05) is 6.92 Å². The van der Waals surface area contributed by atoms with Crippen LogP contribution in [0.1, 0.15) is 34.0 Å². The third-order valence-electron chi connectivity index (χ3n) is 3.26. The van der Waals surface area contributed by atoms with Crippen LogP contribution in [-0.2, 0) is 0 Å². The zero-order valence-corrected chi connectivity index (χ0v) is 12.5.